The van der Waals surface area contributed by atoms with Gasteiger partial charge in [0.05, 0.1) is 12.5 Å². The molecule has 0 aliphatic carbocycles. The second-order valence-corrected chi connectivity index (χ2v) is 6.12. The van der Waals surface area contributed by atoms with E-state index >= 15 is 0 Å². The van der Waals surface area contributed by atoms with Gasteiger partial charge in [0, 0.05) is 18.7 Å². The summed E-state index contributed by atoms with van der Waals surface area (Å²) in [5.41, 5.74) is 7.81. The number of nitrogens with zero attached hydrogens (tertiary/aromatic N) is 1. The fraction of sp³-hybridized carbons (Fsp3) is 0.350. The molecule has 0 radical (unpaired) electrons. The number of carbonyl (C=O) groups is 1. The molecule has 0 saturated carbocycles. The van der Waals surface area contributed by atoms with Gasteiger partial charge in [0.1, 0.15) is 5.75 Å². The van der Waals surface area contributed by atoms with Crippen molar-refractivity contribution in [2.45, 2.75) is 25.3 Å². The summed E-state index contributed by atoms with van der Waals surface area (Å²) in [4.78, 5) is 15.1. The molecule has 2 N–H and O–H groups in total. The van der Waals surface area contributed by atoms with Crippen LogP contribution >= 0.6 is 0 Å². The van der Waals surface area contributed by atoms with Gasteiger partial charge in [-0.15, -0.1) is 0 Å². The van der Waals surface area contributed by atoms with Gasteiger partial charge < -0.3 is 15.4 Å². The van der Waals surface area contributed by atoms with E-state index in [1.54, 1.807) is 0 Å². The van der Waals surface area contributed by atoms with Crippen LogP contribution < -0.4 is 10.5 Å². The molecule has 2 aromatic carbocycles. The van der Waals surface area contributed by atoms with E-state index in [-0.39, 0.29) is 11.8 Å². The number of para-hydroxylation sites is 1. The van der Waals surface area contributed by atoms with E-state index in [1.165, 1.54) is 0 Å². The van der Waals surface area contributed by atoms with Crippen molar-refractivity contribution in [2.24, 2.45) is 5.73 Å². The number of nitrogens with two attached hydrogens (primary N) is 1. The zero-order valence-corrected chi connectivity index (χ0v) is 13.9. The zero-order chi connectivity index (χ0) is 16.8. The highest BCUT2D eigenvalue weighted by atomic mass is 16.5. The molecule has 4 heteroatoms. The Morgan fingerprint density at radius 2 is 1.88 bits per heavy atom. The number of hydrogen-bond acceptors (Lipinski definition) is 3. The first-order valence-corrected chi connectivity index (χ1v) is 8.54. The number of carbonyl (C=O) groups excluding carboxylic acids is 1. The SMILES string of the molecule is NCCCN(Cc1ccccc1)C(=O)C1CCOc2ccccc21. The summed E-state index contributed by atoms with van der Waals surface area (Å²) >= 11 is 0. The molecule has 1 unspecified atom stereocenters. The van der Waals surface area contributed by atoms with Gasteiger partial charge in [0.2, 0.25) is 5.91 Å². The molecule has 1 amide bonds. The van der Waals surface area contributed by atoms with Crippen LogP contribution in [-0.4, -0.2) is 30.5 Å². The summed E-state index contributed by atoms with van der Waals surface area (Å²) < 4.78 is 5.69. The standard InChI is InChI=1S/C20H24N2O2/c21-12-6-13-22(15-16-7-2-1-3-8-16)20(23)18-11-14-24-19-10-5-4-9-17(18)19/h1-5,7-10,18H,6,11-15,21H2. The Labute approximate surface area is 143 Å². The summed E-state index contributed by atoms with van der Waals surface area (Å²) in [5.74, 6) is 0.875. The number of fused-ring (bicyclic) bond motifs is 1. The first kappa shape index (κ1) is 16.5. The maximum absolute atomic E-state index is 13.2. The van der Waals surface area contributed by atoms with Crippen LogP contribution in [0.5, 0.6) is 5.75 Å². The lowest BCUT2D eigenvalue weighted by Gasteiger charge is -2.31. The molecule has 0 saturated heterocycles. The molecule has 0 aromatic heterocycles. The third kappa shape index (κ3) is 3.77. The van der Waals surface area contributed by atoms with Gasteiger partial charge in [-0.2, -0.15) is 0 Å². The van der Waals surface area contributed by atoms with Gasteiger partial charge in [-0.1, -0.05) is 48.5 Å². The second kappa shape index (κ2) is 7.97. The first-order valence-electron chi connectivity index (χ1n) is 8.54. The molecule has 1 aliphatic heterocycles. The van der Waals surface area contributed by atoms with Crippen molar-refractivity contribution in [1.29, 1.82) is 0 Å². The maximum atomic E-state index is 13.2. The van der Waals surface area contributed by atoms with Gasteiger partial charge >= 0.3 is 0 Å². The lowest BCUT2D eigenvalue weighted by molar-refractivity contribution is -0.134. The highest BCUT2D eigenvalue weighted by Gasteiger charge is 2.30. The van der Waals surface area contributed by atoms with Crippen molar-refractivity contribution < 1.29 is 9.53 Å². The van der Waals surface area contributed by atoms with E-state index in [0.717, 1.165) is 29.7 Å². The van der Waals surface area contributed by atoms with Crippen LogP contribution in [-0.2, 0) is 11.3 Å². The van der Waals surface area contributed by atoms with Gasteiger partial charge in [-0.3, -0.25) is 4.79 Å². The predicted molar refractivity (Wildman–Crippen MR) is 94.8 cm³/mol. The van der Waals surface area contributed by atoms with Crippen LogP contribution in [0.1, 0.15) is 29.9 Å². The van der Waals surface area contributed by atoms with E-state index in [4.69, 9.17) is 10.5 Å². The fourth-order valence-electron chi connectivity index (χ4n) is 3.17. The fourth-order valence-corrected chi connectivity index (χ4v) is 3.17. The van der Waals surface area contributed by atoms with Crippen LogP contribution in [0.2, 0.25) is 0 Å². The third-order valence-corrected chi connectivity index (χ3v) is 4.42. The summed E-state index contributed by atoms with van der Waals surface area (Å²) in [6.45, 7) is 2.48. The van der Waals surface area contributed by atoms with Gasteiger partial charge in [-0.05, 0) is 31.0 Å². The molecule has 0 fully saturated rings. The molecule has 4 nitrogen and oxygen atoms in total. The van der Waals surface area contributed by atoms with Crippen molar-refractivity contribution in [3.63, 3.8) is 0 Å². The largest absolute Gasteiger partial charge is 0.493 e. The van der Waals surface area contributed by atoms with Gasteiger partial charge in [0.25, 0.3) is 0 Å². The van der Waals surface area contributed by atoms with Crippen LogP contribution in [0.3, 0.4) is 0 Å². The van der Waals surface area contributed by atoms with E-state index in [0.29, 0.717) is 26.2 Å². The molecule has 1 heterocycles. The number of hydrogen-bond donors (Lipinski definition) is 1. The Morgan fingerprint density at radius 1 is 1.12 bits per heavy atom. The van der Waals surface area contributed by atoms with Gasteiger partial charge in [0.15, 0.2) is 0 Å². The Bertz CT molecular complexity index is 672. The lowest BCUT2D eigenvalue weighted by Crippen LogP contribution is -2.37. The Kier molecular flexibility index (Phi) is 5.49. The van der Waals surface area contributed by atoms with Crippen molar-refractivity contribution in [3.8, 4) is 5.75 Å². The quantitative estimate of drug-likeness (QED) is 0.889. The molecule has 2 aromatic rings. The summed E-state index contributed by atoms with van der Waals surface area (Å²) in [6, 6.07) is 18.0. The lowest BCUT2D eigenvalue weighted by atomic mass is 9.91. The molecule has 24 heavy (non-hydrogen) atoms. The predicted octanol–water partition coefficient (Wildman–Crippen LogP) is 2.93. The molecule has 0 spiro atoms. The van der Waals surface area contributed by atoms with Crippen LogP contribution in [0, 0.1) is 0 Å². The molecular formula is C20H24N2O2. The van der Waals surface area contributed by atoms with Gasteiger partial charge in [-0.25, -0.2) is 0 Å². The normalized spacial score (nSPS) is 16.1. The van der Waals surface area contributed by atoms with E-state index in [1.807, 2.05) is 47.4 Å². The van der Waals surface area contributed by atoms with E-state index < -0.39 is 0 Å². The highest BCUT2D eigenvalue weighted by molar-refractivity contribution is 5.84. The monoisotopic (exact) mass is 324 g/mol. The second-order valence-electron chi connectivity index (χ2n) is 6.12. The molecule has 126 valence electrons. The maximum Gasteiger partial charge on any atom is 0.230 e. The molecule has 0 bridgehead atoms. The van der Waals surface area contributed by atoms with E-state index in [9.17, 15) is 4.79 Å². The van der Waals surface area contributed by atoms with E-state index in [2.05, 4.69) is 12.1 Å². The minimum atomic E-state index is -0.128. The molecule has 1 aliphatic rings. The van der Waals surface area contributed by atoms with Crippen molar-refractivity contribution >= 4 is 5.91 Å². The average Bonchev–Trinajstić information content (AvgIpc) is 2.65. The van der Waals surface area contributed by atoms with Crippen molar-refractivity contribution in [1.82, 2.24) is 4.90 Å². The van der Waals surface area contributed by atoms with Crippen molar-refractivity contribution in [3.05, 3.63) is 65.7 Å². The summed E-state index contributed by atoms with van der Waals surface area (Å²) in [6.07, 6.45) is 1.53. The van der Waals surface area contributed by atoms with Crippen LogP contribution in [0.15, 0.2) is 54.6 Å². The minimum Gasteiger partial charge on any atom is -0.493 e. The Balaban J connectivity index is 1.81. The zero-order valence-electron chi connectivity index (χ0n) is 13.9. The average molecular weight is 324 g/mol. The number of amides is 1. The molecule has 3 rings (SSSR count). The first-order chi connectivity index (χ1) is 11.8. The smallest absolute Gasteiger partial charge is 0.230 e. The molecule has 1 atom stereocenters. The summed E-state index contributed by atoms with van der Waals surface area (Å²) in [5, 5.41) is 0. The Morgan fingerprint density at radius 3 is 2.67 bits per heavy atom. The Hall–Kier alpha value is -2.33. The van der Waals surface area contributed by atoms with Crippen LogP contribution in [0.4, 0.5) is 0 Å². The van der Waals surface area contributed by atoms with Crippen molar-refractivity contribution in [2.75, 3.05) is 19.7 Å². The number of benzene rings is 2. The number of ether oxygens (including phenoxy) is 1. The minimum absolute atomic E-state index is 0.128. The number of rotatable bonds is 6. The van der Waals surface area contributed by atoms with Crippen LogP contribution in [0.25, 0.3) is 0 Å². The third-order valence-electron chi connectivity index (χ3n) is 4.42. The highest BCUT2D eigenvalue weighted by Crippen LogP contribution is 2.34. The summed E-state index contributed by atoms with van der Waals surface area (Å²) in [7, 11) is 0. The molecular weight excluding hydrogens is 300 g/mol. The topological polar surface area (TPSA) is 55.6 Å².